The second-order valence-corrected chi connectivity index (χ2v) is 5.26. The van der Waals surface area contributed by atoms with E-state index in [9.17, 15) is 4.79 Å². The van der Waals surface area contributed by atoms with E-state index in [0.29, 0.717) is 41.7 Å². The maximum Gasteiger partial charge on any atom is 0.251 e. The number of aromatic nitrogens is 3. The highest BCUT2D eigenvalue weighted by atomic mass is 16.5. The molecule has 3 aromatic rings. The number of methoxy groups -OCH3 is 1. The fraction of sp³-hybridized carbons (Fsp3) is 0.235. The number of carbonyl (C=O) groups is 1. The van der Waals surface area contributed by atoms with Crippen LogP contribution >= 0.6 is 0 Å². The molecule has 2 aromatic heterocycles. The Morgan fingerprint density at radius 3 is 2.75 bits per heavy atom. The minimum absolute atomic E-state index is 0.0680. The highest BCUT2D eigenvalue weighted by Crippen LogP contribution is 2.31. The van der Waals surface area contributed by atoms with Crippen LogP contribution < -0.4 is 10.1 Å². The van der Waals surface area contributed by atoms with Gasteiger partial charge in [0.15, 0.2) is 0 Å². The molecule has 24 heavy (non-hydrogen) atoms. The van der Waals surface area contributed by atoms with E-state index in [4.69, 9.17) is 9.15 Å². The van der Waals surface area contributed by atoms with E-state index < -0.39 is 0 Å². The summed E-state index contributed by atoms with van der Waals surface area (Å²) in [5.41, 5.74) is 1.29. The quantitative estimate of drug-likeness (QED) is 0.753. The molecule has 0 spiro atoms. The number of amides is 1. The largest absolute Gasteiger partial charge is 0.496 e. The van der Waals surface area contributed by atoms with Crippen LogP contribution in [0.25, 0.3) is 11.5 Å². The molecule has 124 valence electrons. The van der Waals surface area contributed by atoms with Gasteiger partial charge in [0.05, 0.1) is 12.7 Å². The lowest BCUT2D eigenvalue weighted by Crippen LogP contribution is -2.14. The van der Waals surface area contributed by atoms with Crippen LogP contribution in [0.4, 0.5) is 5.69 Å². The molecule has 0 fully saturated rings. The average Bonchev–Trinajstić information content (AvgIpc) is 3.24. The Labute approximate surface area is 139 Å². The van der Waals surface area contributed by atoms with E-state index in [1.54, 1.807) is 32.2 Å². The Hall–Kier alpha value is -3.09. The first kappa shape index (κ1) is 15.8. The molecule has 0 aliphatic heterocycles. The first-order valence-electron chi connectivity index (χ1n) is 7.55. The topological polar surface area (TPSA) is 82.2 Å². The van der Waals surface area contributed by atoms with Crippen molar-refractivity contribution in [2.24, 2.45) is 0 Å². The van der Waals surface area contributed by atoms with E-state index in [1.807, 2.05) is 29.1 Å². The Morgan fingerprint density at radius 1 is 1.29 bits per heavy atom. The van der Waals surface area contributed by atoms with Crippen molar-refractivity contribution in [3.05, 3.63) is 48.6 Å². The normalized spacial score (nSPS) is 10.6. The Morgan fingerprint density at radius 2 is 2.08 bits per heavy atom. The SMILES string of the molecule is COc1ccc(NC(=O)CCn2cccc2)cc1-c1nnc(C)o1. The molecule has 0 atom stereocenters. The lowest BCUT2D eigenvalue weighted by molar-refractivity contribution is -0.116. The van der Waals surface area contributed by atoms with Crippen molar-refractivity contribution in [1.82, 2.24) is 14.8 Å². The van der Waals surface area contributed by atoms with Crippen molar-refractivity contribution in [3.8, 4) is 17.2 Å². The number of anilines is 1. The standard InChI is InChI=1S/C17H18N4O3/c1-12-19-20-17(24-12)14-11-13(5-6-15(14)23-2)18-16(22)7-10-21-8-3-4-9-21/h3-6,8-9,11H,7,10H2,1-2H3,(H,18,22). The molecule has 0 bridgehead atoms. The third-order valence-electron chi connectivity index (χ3n) is 3.50. The van der Waals surface area contributed by atoms with Gasteiger partial charge in [0.25, 0.3) is 5.89 Å². The van der Waals surface area contributed by atoms with Gasteiger partial charge in [-0.2, -0.15) is 0 Å². The monoisotopic (exact) mass is 326 g/mol. The van der Waals surface area contributed by atoms with E-state index in [0.717, 1.165) is 0 Å². The van der Waals surface area contributed by atoms with E-state index in [-0.39, 0.29) is 5.91 Å². The molecule has 2 heterocycles. The average molecular weight is 326 g/mol. The second-order valence-electron chi connectivity index (χ2n) is 5.26. The van der Waals surface area contributed by atoms with Crippen LogP contribution in [0.15, 0.2) is 47.1 Å². The summed E-state index contributed by atoms with van der Waals surface area (Å²) in [6, 6.07) is 9.16. The number of rotatable bonds is 6. The third-order valence-corrected chi connectivity index (χ3v) is 3.50. The van der Waals surface area contributed by atoms with Crippen molar-refractivity contribution < 1.29 is 13.9 Å². The van der Waals surface area contributed by atoms with Crippen molar-refractivity contribution in [1.29, 1.82) is 0 Å². The summed E-state index contributed by atoms with van der Waals surface area (Å²) in [6.45, 7) is 2.35. The van der Waals surface area contributed by atoms with E-state index in [1.165, 1.54) is 0 Å². The molecule has 0 unspecified atom stereocenters. The van der Waals surface area contributed by atoms with E-state index >= 15 is 0 Å². The van der Waals surface area contributed by atoms with Gasteiger partial charge in [-0.15, -0.1) is 10.2 Å². The van der Waals surface area contributed by atoms with Gasteiger partial charge < -0.3 is 19.0 Å². The molecule has 0 saturated carbocycles. The van der Waals surface area contributed by atoms with Gasteiger partial charge in [0.1, 0.15) is 5.75 Å². The Kier molecular flexibility index (Phi) is 4.60. The number of nitrogens with zero attached hydrogens (tertiary/aromatic N) is 3. The summed E-state index contributed by atoms with van der Waals surface area (Å²) in [5, 5.41) is 10.7. The minimum atomic E-state index is -0.0680. The van der Waals surface area contributed by atoms with Gasteiger partial charge in [0, 0.05) is 38.0 Å². The fourth-order valence-corrected chi connectivity index (χ4v) is 2.33. The lowest BCUT2D eigenvalue weighted by atomic mass is 10.1. The highest BCUT2D eigenvalue weighted by molar-refractivity contribution is 5.91. The first-order chi connectivity index (χ1) is 11.7. The molecule has 1 amide bonds. The molecule has 1 aromatic carbocycles. The van der Waals surface area contributed by atoms with Crippen molar-refractivity contribution in [3.63, 3.8) is 0 Å². The van der Waals surface area contributed by atoms with Gasteiger partial charge in [-0.05, 0) is 30.3 Å². The van der Waals surface area contributed by atoms with Crippen LogP contribution in [-0.2, 0) is 11.3 Å². The predicted octanol–water partition coefficient (Wildman–Crippen LogP) is 2.88. The number of carbonyl (C=O) groups excluding carboxylic acids is 1. The maximum absolute atomic E-state index is 12.1. The molecule has 0 aliphatic rings. The van der Waals surface area contributed by atoms with Crippen molar-refractivity contribution in [2.75, 3.05) is 12.4 Å². The van der Waals surface area contributed by atoms with Crippen LogP contribution in [0.5, 0.6) is 5.75 Å². The molecule has 7 nitrogen and oxygen atoms in total. The van der Waals surface area contributed by atoms with Gasteiger partial charge in [-0.1, -0.05) is 0 Å². The summed E-state index contributed by atoms with van der Waals surface area (Å²) in [4.78, 5) is 12.1. The summed E-state index contributed by atoms with van der Waals surface area (Å²) in [6.07, 6.45) is 4.24. The predicted molar refractivity (Wildman–Crippen MR) is 88.7 cm³/mol. The summed E-state index contributed by atoms with van der Waals surface area (Å²) in [5.74, 6) is 1.35. The highest BCUT2D eigenvalue weighted by Gasteiger charge is 2.14. The van der Waals surface area contributed by atoms with E-state index in [2.05, 4.69) is 15.5 Å². The zero-order valence-corrected chi connectivity index (χ0v) is 13.5. The zero-order chi connectivity index (χ0) is 16.9. The molecule has 0 saturated heterocycles. The van der Waals surface area contributed by atoms with Crippen LogP contribution in [0, 0.1) is 6.92 Å². The molecule has 0 radical (unpaired) electrons. The Bertz CT molecular complexity index is 824. The van der Waals surface area contributed by atoms with Gasteiger partial charge in [0.2, 0.25) is 11.8 Å². The third kappa shape index (κ3) is 3.62. The van der Waals surface area contributed by atoms with Crippen LogP contribution in [-0.4, -0.2) is 27.8 Å². The number of benzene rings is 1. The second kappa shape index (κ2) is 6.99. The summed E-state index contributed by atoms with van der Waals surface area (Å²) >= 11 is 0. The zero-order valence-electron chi connectivity index (χ0n) is 13.5. The molecular weight excluding hydrogens is 308 g/mol. The van der Waals surface area contributed by atoms with Crippen molar-refractivity contribution in [2.45, 2.75) is 19.9 Å². The number of ether oxygens (including phenoxy) is 1. The fourth-order valence-electron chi connectivity index (χ4n) is 2.33. The lowest BCUT2D eigenvalue weighted by Gasteiger charge is -2.10. The molecule has 1 N–H and O–H groups in total. The first-order valence-corrected chi connectivity index (χ1v) is 7.55. The molecular formula is C17H18N4O3. The van der Waals surface area contributed by atoms with Crippen LogP contribution in [0.1, 0.15) is 12.3 Å². The van der Waals surface area contributed by atoms with Crippen LogP contribution in [0.3, 0.4) is 0 Å². The molecule has 7 heteroatoms. The number of aryl methyl sites for hydroxylation is 2. The summed E-state index contributed by atoms with van der Waals surface area (Å²) in [7, 11) is 1.57. The number of nitrogens with one attached hydrogen (secondary N) is 1. The van der Waals surface area contributed by atoms with Gasteiger partial charge in [-0.3, -0.25) is 4.79 Å². The Balaban J connectivity index is 1.72. The van der Waals surface area contributed by atoms with Gasteiger partial charge in [-0.25, -0.2) is 0 Å². The summed E-state index contributed by atoms with van der Waals surface area (Å²) < 4.78 is 12.7. The van der Waals surface area contributed by atoms with Crippen molar-refractivity contribution >= 4 is 11.6 Å². The number of hydrogen-bond acceptors (Lipinski definition) is 5. The van der Waals surface area contributed by atoms with Crippen LogP contribution in [0.2, 0.25) is 0 Å². The molecule has 3 rings (SSSR count). The smallest absolute Gasteiger partial charge is 0.251 e. The minimum Gasteiger partial charge on any atom is -0.496 e. The number of hydrogen-bond donors (Lipinski definition) is 1. The molecule has 0 aliphatic carbocycles. The maximum atomic E-state index is 12.1. The van der Waals surface area contributed by atoms with Gasteiger partial charge >= 0.3 is 0 Å².